The Balaban J connectivity index is 2.11. The fourth-order valence-corrected chi connectivity index (χ4v) is 2.87. The van der Waals surface area contributed by atoms with Crippen molar-refractivity contribution in [1.82, 2.24) is 15.0 Å². The van der Waals surface area contributed by atoms with Crippen molar-refractivity contribution in [3.05, 3.63) is 66.7 Å². The molecule has 0 aliphatic carbocycles. The molecule has 0 spiro atoms. The number of hydrogen-bond donors (Lipinski definition) is 0. The fraction of sp³-hybridized carbons (Fsp3) is 0.263. The Morgan fingerprint density at radius 2 is 1.87 bits per heavy atom. The number of rotatable bonds is 6. The maximum absolute atomic E-state index is 5.85. The fourth-order valence-electron chi connectivity index (χ4n) is 2.87. The summed E-state index contributed by atoms with van der Waals surface area (Å²) in [7, 11) is 0. The summed E-state index contributed by atoms with van der Waals surface area (Å²) in [6, 6.07) is 16.2. The molecule has 3 rings (SSSR count). The van der Waals surface area contributed by atoms with E-state index in [0.717, 1.165) is 22.3 Å². The number of fused-ring (bicyclic) bond motifs is 1. The zero-order chi connectivity index (χ0) is 16.2. The van der Waals surface area contributed by atoms with Crippen LogP contribution in [-0.2, 0) is 0 Å². The molecule has 0 saturated carbocycles. The van der Waals surface area contributed by atoms with Crippen LogP contribution in [0, 0.1) is 5.92 Å². The zero-order valence-electron chi connectivity index (χ0n) is 13.5. The lowest BCUT2D eigenvalue weighted by molar-refractivity contribution is 0.337. The largest absolute Gasteiger partial charge is 0.489 e. The number of ether oxygens (including phenoxy) is 1. The highest BCUT2D eigenvalue weighted by molar-refractivity contribution is 5.74. The van der Waals surface area contributed by atoms with Crippen LogP contribution in [0.5, 0.6) is 5.75 Å². The number of hydrogen-bond acceptors (Lipinski definition) is 3. The maximum atomic E-state index is 5.85. The Morgan fingerprint density at radius 1 is 1.13 bits per heavy atom. The van der Waals surface area contributed by atoms with Gasteiger partial charge in [0, 0.05) is 5.56 Å². The molecular formula is C19H21N3O. The minimum Gasteiger partial charge on any atom is -0.489 e. The lowest BCUT2D eigenvalue weighted by atomic mass is 9.95. The van der Waals surface area contributed by atoms with Gasteiger partial charge in [-0.1, -0.05) is 62.0 Å². The van der Waals surface area contributed by atoms with Crippen LogP contribution >= 0.6 is 0 Å². The van der Waals surface area contributed by atoms with Crippen LogP contribution in [0.1, 0.15) is 25.5 Å². The summed E-state index contributed by atoms with van der Waals surface area (Å²) >= 11 is 0. The van der Waals surface area contributed by atoms with Crippen LogP contribution in [0.4, 0.5) is 0 Å². The Bertz CT molecular complexity index is 807. The van der Waals surface area contributed by atoms with Gasteiger partial charge in [0.05, 0.1) is 11.6 Å². The molecule has 0 aliphatic heterocycles. The van der Waals surface area contributed by atoms with Gasteiger partial charge in [-0.15, -0.1) is 5.10 Å². The van der Waals surface area contributed by atoms with Crippen molar-refractivity contribution < 1.29 is 4.74 Å². The lowest BCUT2D eigenvalue weighted by Crippen LogP contribution is -2.19. The molecule has 23 heavy (non-hydrogen) atoms. The minimum atomic E-state index is 0.0587. The van der Waals surface area contributed by atoms with E-state index in [1.807, 2.05) is 41.1 Å². The monoisotopic (exact) mass is 307 g/mol. The Morgan fingerprint density at radius 3 is 2.65 bits per heavy atom. The molecule has 1 heterocycles. The number of benzene rings is 2. The number of aromatic nitrogens is 3. The predicted molar refractivity (Wildman–Crippen MR) is 92.6 cm³/mol. The molecule has 0 amide bonds. The van der Waals surface area contributed by atoms with Crippen LogP contribution in [0.15, 0.2) is 61.2 Å². The van der Waals surface area contributed by atoms with Crippen molar-refractivity contribution >= 4 is 11.0 Å². The molecule has 1 unspecified atom stereocenters. The quantitative estimate of drug-likeness (QED) is 0.639. The Labute approximate surface area is 136 Å². The van der Waals surface area contributed by atoms with E-state index in [1.165, 1.54) is 0 Å². The second kappa shape index (κ2) is 6.65. The van der Waals surface area contributed by atoms with E-state index < -0.39 is 0 Å². The van der Waals surface area contributed by atoms with Crippen molar-refractivity contribution in [2.45, 2.75) is 19.9 Å². The summed E-state index contributed by atoms with van der Waals surface area (Å²) in [6.45, 7) is 8.58. The van der Waals surface area contributed by atoms with Gasteiger partial charge < -0.3 is 4.74 Å². The minimum absolute atomic E-state index is 0.0587. The van der Waals surface area contributed by atoms with Crippen molar-refractivity contribution in [2.75, 3.05) is 6.61 Å². The normalized spacial score (nSPS) is 12.5. The molecule has 0 N–H and O–H groups in total. The molecule has 0 fully saturated rings. The van der Waals surface area contributed by atoms with E-state index in [9.17, 15) is 0 Å². The van der Waals surface area contributed by atoms with Crippen LogP contribution < -0.4 is 4.74 Å². The molecule has 1 aromatic heterocycles. The SMILES string of the molecule is C=CCOc1ccccc1C(C(C)C)n1nnc2ccccc21. The van der Waals surface area contributed by atoms with Crippen molar-refractivity contribution in [3.8, 4) is 5.75 Å². The van der Waals surface area contributed by atoms with Gasteiger partial charge in [-0.25, -0.2) is 4.68 Å². The third kappa shape index (κ3) is 2.97. The van der Waals surface area contributed by atoms with Crippen LogP contribution in [0.3, 0.4) is 0 Å². The molecule has 118 valence electrons. The van der Waals surface area contributed by atoms with Gasteiger partial charge in [-0.2, -0.15) is 0 Å². The molecule has 2 aromatic carbocycles. The lowest BCUT2D eigenvalue weighted by Gasteiger charge is -2.24. The zero-order valence-corrected chi connectivity index (χ0v) is 13.5. The Kier molecular flexibility index (Phi) is 4.42. The summed E-state index contributed by atoms with van der Waals surface area (Å²) < 4.78 is 7.84. The first-order valence-electron chi connectivity index (χ1n) is 7.85. The van der Waals surface area contributed by atoms with Crippen LogP contribution in [0.2, 0.25) is 0 Å². The average Bonchev–Trinajstić information content (AvgIpc) is 2.98. The average molecular weight is 307 g/mol. The predicted octanol–water partition coefficient (Wildman–Crippen LogP) is 4.24. The van der Waals surface area contributed by atoms with Crippen LogP contribution in [-0.4, -0.2) is 21.6 Å². The first-order chi connectivity index (χ1) is 11.2. The third-order valence-corrected chi connectivity index (χ3v) is 3.87. The standard InChI is InChI=1S/C19H21N3O/c1-4-13-23-18-12-8-5-9-15(18)19(14(2)3)22-17-11-7-6-10-16(17)20-21-22/h4-12,14,19H,1,13H2,2-3H3. The second-order valence-corrected chi connectivity index (χ2v) is 5.85. The maximum Gasteiger partial charge on any atom is 0.125 e. The van der Waals surface area contributed by atoms with Gasteiger partial charge in [0.25, 0.3) is 0 Å². The van der Waals surface area contributed by atoms with Crippen molar-refractivity contribution in [2.24, 2.45) is 5.92 Å². The molecule has 0 aliphatic rings. The summed E-state index contributed by atoms with van der Waals surface area (Å²) in [6.07, 6.45) is 1.76. The van der Waals surface area contributed by atoms with Gasteiger partial charge >= 0.3 is 0 Å². The van der Waals surface area contributed by atoms with E-state index >= 15 is 0 Å². The molecule has 4 nitrogen and oxygen atoms in total. The van der Waals surface area contributed by atoms with Crippen molar-refractivity contribution in [3.63, 3.8) is 0 Å². The summed E-state index contributed by atoms with van der Waals surface area (Å²) in [5.74, 6) is 1.21. The first kappa shape index (κ1) is 15.3. The molecule has 3 aromatic rings. The highest BCUT2D eigenvalue weighted by Gasteiger charge is 2.24. The van der Waals surface area contributed by atoms with Gasteiger partial charge in [0.1, 0.15) is 17.9 Å². The molecule has 1 atom stereocenters. The molecule has 0 bridgehead atoms. The first-order valence-corrected chi connectivity index (χ1v) is 7.85. The molecular weight excluding hydrogens is 286 g/mol. The summed E-state index contributed by atoms with van der Waals surface area (Å²) in [5.41, 5.74) is 3.05. The molecule has 4 heteroatoms. The smallest absolute Gasteiger partial charge is 0.125 e. The van der Waals surface area contributed by atoms with E-state index in [0.29, 0.717) is 12.5 Å². The molecule has 0 saturated heterocycles. The number of nitrogens with zero attached hydrogens (tertiary/aromatic N) is 3. The van der Waals surface area contributed by atoms with E-state index in [-0.39, 0.29) is 6.04 Å². The van der Waals surface area contributed by atoms with E-state index in [1.54, 1.807) is 6.08 Å². The summed E-state index contributed by atoms with van der Waals surface area (Å²) in [4.78, 5) is 0. The van der Waals surface area contributed by atoms with Gasteiger partial charge in [0.15, 0.2) is 0 Å². The van der Waals surface area contributed by atoms with E-state index in [2.05, 4.69) is 42.9 Å². The molecule has 0 radical (unpaired) electrons. The Hall–Kier alpha value is -2.62. The highest BCUT2D eigenvalue weighted by atomic mass is 16.5. The van der Waals surface area contributed by atoms with Gasteiger partial charge in [-0.3, -0.25) is 0 Å². The third-order valence-electron chi connectivity index (χ3n) is 3.87. The van der Waals surface area contributed by atoms with Gasteiger partial charge in [0.2, 0.25) is 0 Å². The topological polar surface area (TPSA) is 39.9 Å². The number of para-hydroxylation sites is 2. The highest BCUT2D eigenvalue weighted by Crippen LogP contribution is 2.34. The van der Waals surface area contributed by atoms with Crippen molar-refractivity contribution in [1.29, 1.82) is 0 Å². The van der Waals surface area contributed by atoms with Gasteiger partial charge in [-0.05, 0) is 24.1 Å². The summed E-state index contributed by atoms with van der Waals surface area (Å²) in [5, 5.41) is 8.70. The second-order valence-electron chi connectivity index (χ2n) is 5.85. The van der Waals surface area contributed by atoms with Crippen LogP contribution in [0.25, 0.3) is 11.0 Å². The van der Waals surface area contributed by atoms with E-state index in [4.69, 9.17) is 4.74 Å².